The Hall–Kier alpha value is -2.60. The van der Waals surface area contributed by atoms with E-state index in [9.17, 15) is 14.7 Å². The van der Waals surface area contributed by atoms with Gasteiger partial charge >= 0.3 is 6.03 Å². The lowest BCUT2D eigenvalue weighted by Crippen LogP contribution is -2.74. The molecule has 6 heteroatoms. The maximum absolute atomic E-state index is 12.7. The van der Waals surface area contributed by atoms with E-state index in [1.807, 2.05) is 31.2 Å². The Morgan fingerprint density at radius 2 is 1.87 bits per heavy atom. The lowest BCUT2D eigenvalue weighted by Gasteiger charge is -2.58. The van der Waals surface area contributed by atoms with Gasteiger partial charge in [0.05, 0.1) is 18.7 Å². The Bertz CT molecular complexity index is 857. The average molecular weight is 410 g/mol. The first-order valence-corrected chi connectivity index (χ1v) is 10.8. The van der Waals surface area contributed by atoms with E-state index in [0.717, 1.165) is 48.0 Å². The molecule has 0 spiro atoms. The fourth-order valence-corrected chi connectivity index (χ4v) is 5.14. The normalized spacial score (nSPS) is 26.2. The Kier molecular flexibility index (Phi) is 5.69. The van der Waals surface area contributed by atoms with Crippen LogP contribution in [-0.2, 0) is 4.79 Å². The van der Waals surface area contributed by atoms with Crippen molar-refractivity contribution in [1.29, 1.82) is 0 Å². The minimum Gasteiger partial charge on any atom is -0.394 e. The van der Waals surface area contributed by atoms with E-state index in [4.69, 9.17) is 0 Å². The topological polar surface area (TPSA) is 72.9 Å². The molecule has 0 radical (unpaired) electrons. The van der Waals surface area contributed by atoms with Crippen molar-refractivity contribution >= 4 is 17.5 Å². The molecule has 2 aliphatic heterocycles. The van der Waals surface area contributed by atoms with Crippen molar-refractivity contribution in [3.8, 4) is 0 Å². The number of hydrogen-bond donors (Lipinski definition) is 2. The number of aliphatic hydroxyl groups excluding tert-OH is 1. The molecule has 1 aromatic carbocycles. The smallest absolute Gasteiger partial charge is 0.318 e. The van der Waals surface area contributed by atoms with E-state index in [0.29, 0.717) is 6.54 Å². The number of aliphatic hydroxyl groups is 1. The number of benzene rings is 1. The summed E-state index contributed by atoms with van der Waals surface area (Å²) in [5.41, 5.74) is 3.91. The van der Waals surface area contributed by atoms with Gasteiger partial charge in [0.2, 0.25) is 5.91 Å². The van der Waals surface area contributed by atoms with Crippen LogP contribution in [0.2, 0.25) is 0 Å². The van der Waals surface area contributed by atoms with Gasteiger partial charge in [-0.15, -0.1) is 0 Å². The van der Waals surface area contributed by atoms with Crippen molar-refractivity contribution in [2.45, 2.75) is 56.7 Å². The molecule has 0 aromatic heterocycles. The third-order valence-corrected chi connectivity index (χ3v) is 6.88. The van der Waals surface area contributed by atoms with Gasteiger partial charge in [-0.1, -0.05) is 55.8 Å². The number of hydrogen-bond acceptors (Lipinski definition) is 3. The van der Waals surface area contributed by atoms with Gasteiger partial charge in [-0.05, 0) is 36.5 Å². The summed E-state index contributed by atoms with van der Waals surface area (Å²) in [5.74, 6) is -0.0800. The molecule has 2 heterocycles. The summed E-state index contributed by atoms with van der Waals surface area (Å²) in [6.07, 6.45) is 4.32. The fraction of sp³-hybridized carbons (Fsp3) is 0.500. The number of urea groups is 1. The lowest BCUT2D eigenvalue weighted by atomic mass is 9.73. The number of fused-ring (bicyclic) bond motifs is 1. The summed E-state index contributed by atoms with van der Waals surface area (Å²) in [5, 5.41) is 13.0. The number of piperazine rings is 1. The van der Waals surface area contributed by atoms with Gasteiger partial charge in [0.25, 0.3) is 0 Å². The molecule has 30 heavy (non-hydrogen) atoms. The molecule has 1 aliphatic carbocycles. The number of allylic oxidation sites excluding steroid dienone is 2. The van der Waals surface area contributed by atoms with Crippen molar-refractivity contribution in [3.63, 3.8) is 0 Å². The fourth-order valence-electron chi connectivity index (χ4n) is 5.14. The van der Waals surface area contributed by atoms with Crippen molar-refractivity contribution in [2.24, 2.45) is 0 Å². The van der Waals surface area contributed by atoms with Crippen LogP contribution < -0.4 is 5.32 Å². The third kappa shape index (κ3) is 3.65. The van der Waals surface area contributed by atoms with Crippen LogP contribution in [-0.4, -0.2) is 64.7 Å². The van der Waals surface area contributed by atoms with Crippen molar-refractivity contribution in [3.05, 3.63) is 54.1 Å². The van der Waals surface area contributed by atoms with E-state index < -0.39 is 0 Å². The highest BCUT2D eigenvalue weighted by atomic mass is 16.3. The minimum atomic E-state index is -0.238. The predicted molar refractivity (Wildman–Crippen MR) is 117 cm³/mol. The van der Waals surface area contributed by atoms with Crippen molar-refractivity contribution < 1.29 is 14.7 Å². The summed E-state index contributed by atoms with van der Waals surface area (Å²) in [7, 11) is 0. The number of nitrogens with zero attached hydrogens (tertiary/aromatic N) is 2. The number of carbonyl (C=O) groups is 2. The van der Waals surface area contributed by atoms with Gasteiger partial charge < -0.3 is 20.2 Å². The number of amides is 3. The third-order valence-electron chi connectivity index (χ3n) is 6.88. The second-order valence-corrected chi connectivity index (χ2v) is 8.84. The summed E-state index contributed by atoms with van der Waals surface area (Å²) < 4.78 is 0. The molecule has 2 saturated heterocycles. The van der Waals surface area contributed by atoms with Gasteiger partial charge in [0.1, 0.15) is 6.54 Å². The van der Waals surface area contributed by atoms with Crippen LogP contribution >= 0.6 is 0 Å². The molecule has 1 saturated carbocycles. The second-order valence-electron chi connectivity index (χ2n) is 8.84. The van der Waals surface area contributed by atoms with E-state index in [1.165, 1.54) is 0 Å². The molecule has 3 fully saturated rings. The summed E-state index contributed by atoms with van der Waals surface area (Å²) in [6, 6.07) is 7.84. The maximum Gasteiger partial charge on any atom is 0.318 e. The zero-order valence-electron chi connectivity index (χ0n) is 17.6. The highest BCUT2D eigenvalue weighted by Crippen LogP contribution is 2.43. The van der Waals surface area contributed by atoms with Crippen molar-refractivity contribution in [2.75, 3.05) is 19.7 Å². The van der Waals surface area contributed by atoms with E-state index in [-0.39, 0.29) is 49.1 Å². The van der Waals surface area contributed by atoms with Crippen LogP contribution in [0.5, 0.6) is 0 Å². The van der Waals surface area contributed by atoms with Crippen LogP contribution in [0.25, 0.3) is 5.57 Å². The van der Waals surface area contributed by atoms with Crippen molar-refractivity contribution in [1.82, 2.24) is 15.1 Å². The predicted octanol–water partition coefficient (Wildman–Crippen LogP) is 2.90. The quantitative estimate of drug-likeness (QED) is 0.735. The maximum atomic E-state index is 12.7. The van der Waals surface area contributed by atoms with Gasteiger partial charge in [0, 0.05) is 18.5 Å². The Morgan fingerprint density at radius 3 is 2.47 bits per heavy atom. The molecule has 3 aliphatic rings. The Labute approximate surface area is 178 Å². The Morgan fingerprint density at radius 1 is 1.20 bits per heavy atom. The first kappa shape index (κ1) is 20.7. The largest absolute Gasteiger partial charge is 0.394 e. The zero-order valence-corrected chi connectivity index (χ0v) is 17.6. The molecular weight excluding hydrogens is 378 g/mol. The molecular formula is C24H31N3O3. The first-order chi connectivity index (χ1) is 14.4. The summed E-state index contributed by atoms with van der Waals surface area (Å²) >= 11 is 0. The highest BCUT2D eigenvalue weighted by Gasteiger charge is 2.54. The van der Waals surface area contributed by atoms with Crippen LogP contribution in [0.4, 0.5) is 4.79 Å². The average Bonchev–Trinajstić information content (AvgIpc) is 3.22. The number of carbonyl (C=O) groups excluding carboxylic acids is 2. The lowest BCUT2D eigenvalue weighted by molar-refractivity contribution is -0.159. The Balaban J connectivity index is 1.50. The van der Waals surface area contributed by atoms with E-state index >= 15 is 0 Å². The van der Waals surface area contributed by atoms with E-state index in [1.54, 1.807) is 9.80 Å². The molecule has 160 valence electrons. The van der Waals surface area contributed by atoms with Crippen LogP contribution in [0, 0.1) is 0 Å². The van der Waals surface area contributed by atoms with Crippen LogP contribution in [0.15, 0.2) is 43.0 Å². The molecule has 3 atom stereocenters. The SMILES string of the molecule is C=C(C)C(=C)c1ccc([C@H]2[C@H](CO)N3C(=O)CN(C(=O)NC4CCCC4)C[C@@H]23)cc1. The van der Waals surface area contributed by atoms with Gasteiger partial charge in [-0.2, -0.15) is 0 Å². The first-order valence-electron chi connectivity index (χ1n) is 10.8. The van der Waals surface area contributed by atoms with Crippen LogP contribution in [0.1, 0.15) is 49.7 Å². The summed E-state index contributed by atoms with van der Waals surface area (Å²) in [4.78, 5) is 28.9. The van der Waals surface area contributed by atoms with Crippen LogP contribution in [0.3, 0.4) is 0 Å². The molecule has 0 unspecified atom stereocenters. The van der Waals surface area contributed by atoms with Gasteiger partial charge in [-0.3, -0.25) is 4.79 Å². The molecule has 2 N–H and O–H groups in total. The molecule has 0 bridgehead atoms. The molecule has 3 amide bonds. The van der Waals surface area contributed by atoms with E-state index in [2.05, 4.69) is 18.5 Å². The van der Waals surface area contributed by atoms with Gasteiger partial charge in [-0.25, -0.2) is 4.79 Å². The monoisotopic (exact) mass is 409 g/mol. The minimum absolute atomic E-state index is 0.00757. The second kappa shape index (κ2) is 8.26. The number of rotatable bonds is 5. The molecule has 6 nitrogen and oxygen atoms in total. The molecule has 1 aromatic rings. The zero-order chi connectivity index (χ0) is 21.4. The number of nitrogens with one attached hydrogen (secondary N) is 1. The molecule has 4 rings (SSSR count). The summed E-state index contributed by atoms with van der Waals surface area (Å²) in [6.45, 7) is 10.4. The standard InChI is InChI=1S/C24H31N3O3/c1-15(2)16(3)17-8-10-18(11-9-17)23-20-12-26(13-22(29)27(20)21(23)14-28)24(30)25-19-6-4-5-7-19/h8-11,19-21,23,28H,1,3-7,12-14H2,2H3,(H,25,30)/t20-,21-,23+/m0/s1. The highest BCUT2D eigenvalue weighted by molar-refractivity contribution is 5.87. The van der Waals surface area contributed by atoms with Gasteiger partial charge in [0.15, 0.2) is 0 Å².